The summed E-state index contributed by atoms with van der Waals surface area (Å²) in [5, 5.41) is 5.50. The predicted molar refractivity (Wildman–Crippen MR) is 141 cm³/mol. The second kappa shape index (κ2) is 9.48. The molecule has 1 aromatic carbocycles. The average Bonchev–Trinajstić information content (AvgIpc) is 3.52. The number of aromatic amines is 1. The molecule has 0 aliphatic carbocycles. The highest BCUT2D eigenvalue weighted by atomic mass is 35.5. The highest BCUT2D eigenvalue weighted by Gasteiger charge is 2.26. The van der Waals surface area contributed by atoms with Crippen LogP contribution in [0.4, 0.5) is 10.2 Å². The molecule has 1 aliphatic heterocycles. The van der Waals surface area contributed by atoms with Gasteiger partial charge in [0.15, 0.2) is 17.5 Å². The molecule has 1 aliphatic rings. The smallest absolute Gasteiger partial charge is 0.263 e. The maximum atomic E-state index is 14.6. The molecule has 0 spiro atoms. The number of thiophene rings is 1. The van der Waals surface area contributed by atoms with Crippen LogP contribution in [0.3, 0.4) is 0 Å². The standard InChI is InChI=1S/C26H22ClFN6OS/c27-17-9-18-19(12-31-23(18)30-11-17)24-32-13-20(28)25(33-24)29-10-15-4-3-7-34(14-15)26(35)22-8-16-5-1-2-6-21(16)36-22/h1-2,5-6,8-9,11-13,15H,3-4,7,10,14H2,(H,30,31)(H,29,32,33). The molecule has 36 heavy (non-hydrogen) atoms. The number of piperidine rings is 1. The number of amides is 1. The van der Waals surface area contributed by atoms with E-state index >= 15 is 0 Å². The number of benzene rings is 1. The number of likely N-dealkylation sites (tertiary alicyclic amines) is 1. The number of pyridine rings is 1. The van der Waals surface area contributed by atoms with Gasteiger partial charge in [0, 0.05) is 47.7 Å². The van der Waals surface area contributed by atoms with Crippen molar-refractivity contribution in [3.05, 3.63) is 70.7 Å². The van der Waals surface area contributed by atoms with Crippen LogP contribution >= 0.6 is 22.9 Å². The van der Waals surface area contributed by atoms with E-state index in [9.17, 15) is 9.18 Å². The van der Waals surface area contributed by atoms with Crippen LogP contribution in [0.15, 0.2) is 55.0 Å². The molecule has 6 rings (SSSR count). The Hall–Kier alpha value is -3.56. The first-order chi connectivity index (χ1) is 17.5. The van der Waals surface area contributed by atoms with Crippen LogP contribution in [0.1, 0.15) is 22.5 Å². The van der Waals surface area contributed by atoms with Crippen LogP contribution in [-0.2, 0) is 0 Å². The maximum Gasteiger partial charge on any atom is 0.263 e. The first-order valence-corrected chi connectivity index (χ1v) is 12.9. The molecule has 1 unspecified atom stereocenters. The fraction of sp³-hybridized carbons (Fsp3) is 0.231. The minimum absolute atomic E-state index is 0.0583. The van der Waals surface area contributed by atoms with Crippen LogP contribution in [0, 0.1) is 11.7 Å². The van der Waals surface area contributed by atoms with Crippen LogP contribution in [0.25, 0.3) is 32.5 Å². The first kappa shape index (κ1) is 22.9. The van der Waals surface area contributed by atoms with Gasteiger partial charge in [-0.25, -0.2) is 19.3 Å². The SMILES string of the molecule is O=C(c1cc2ccccc2s1)N1CCCC(CNc2nc(-c3c[nH]c4ncc(Cl)cc34)ncc2F)C1. The van der Waals surface area contributed by atoms with Crippen molar-refractivity contribution in [2.75, 3.05) is 25.0 Å². The van der Waals surface area contributed by atoms with Crippen LogP contribution in [0.5, 0.6) is 0 Å². The number of carbonyl (C=O) groups excluding carboxylic acids is 1. The lowest BCUT2D eigenvalue weighted by atomic mass is 9.98. The Morgan fingerprint density at radius 2 is 2.14 bits per heavy atom. The molecule has 7 nitrogen and oxygen atoms in total. The van der Waals surface area contributed by atoms with E-state index in [1.165, 1.54) is 17.5 Å². The average molecular weight is 521 g/mol. The third kappa shape index (κ3) is 4.40. The van der Waals surface area contributed by atoms with Crippen molar-refractivity contribution in [1.29, 1.82) is 0 Å². The summed E-state index contributed by atoms with van der Waals surface area (Å²) in [5.41, 5.74) is 1.35. The number of fused-ring (bicyclic) bond motifs is 2. The number of nitrogens with one attached hydrogen (secondary N) is 2. The Morgan fingerprint density at radius 3 is 3.03 bits per heavy atom. The summed E-state index contributed by atoms with van der Waals surface area (Å²) in [7, 11) is 0. The largest absolute Gasteiger partial charge is 0.367 e. The monoisotopic (exact) mass is 520 g/mol. The number of nitrogens with zero attached hydrogens (tertiary/aromatic N) is 4. The topological polar surface area (TPSA) is 86.8 Å². The highest BCUT2D eigenvalue weighted by molar-refractivity contribution is 7.20. The molecule has 1 fully saturated rings. The van der Waals surface area contributed by atoms with Gasteiger partial charge in [-0.05, 0) is 42.3 Å². The molecule has 5 aromatic rings. The van der Waals surface area contributed by atoms with Gasteiger partial charge in [-0.1, -0.05) is 29.8 Å². The van der Waals surface area contributed by atoms with Gasteiger partial charge >= 0.3 is 0 Å². The molecule has 2 N–H and O–H groups in total. The molecule has 10 heteroatoms. The van der Waals surface area contributed by atoms with E-state index in [0.29, 0.717) is 35.1 Å². The van der Waals surface area contributed by atoms with Gasteiger partial charge in [0.25, 0.3) is 5.91 Å². The van der Waals surface area contributed by atoms with Crippen molar-refractivity contribution in [3.63, 3.8) is 0 Å². The van der Waals surface area contributed by atoms with E-state index in [0.717, 1.165) is 39.7 Å². The van der Waals surface area contributed by atoms with Crippen molar-refractivity contribution in [1.82, 2.24) is 24.8 Å². The number of H-pyrrole nitrogens is 1. The fourth-order valence-corrected chi connectivity index (χ4v) is 5.87. The summed E-state index contributed by atoms with van der Waals surface area (Å²) in [6.07, 6.45) is 6.32. The molecular formula is C26H22ClFN6OS. The van der Waals surface area contributed by atoms with Crippen LogP contribution < -0.4 is 5.32 Å². The van der Waals surface area contributed by atoms with E-state index in [2.05, 4.69) is 25.3 Å². The number of hydrogen-bond donors (Lipinski definition) is 2. The van der Waals surface area contributed by atoms with Crippen molar-refractivity contribution >= 4 is 55.8 Å². The lowest BCUT2D eigenvalue weighted by Gasteiger charge is -2.32. The Kier molecular flexibility index (Phi) is 6.02. The Labute approximate surface area is 215 Å². The molecule has 1 saturated heterocycles. The molecule has 4 aromatic heterocycles. The third-order valence-corrected chi connectivity index (χ3v) is 7.79. The first-order valence-electron chi connectivity index (χ1n) is 11.7. The minimum Gasteiger partial charge on any atom is -0.367 e. The van der Waals surface area contributed by atoms with Crippen LogP contribution in [-0.4, -0.2) is 50.4 Å². The lowest BCUT2D eigenvalue weighted by molar-refractivity contribution is 0.0685. The summed E-state index contributed by atoms with van der Waals surface area (Å²) >= 11 is 7.63. The fourth-order valence-electron chi connectivity index (χ4n) is 4.68. The number of anilines is 1. The molecule has 5 heterocycles. The summed E-state index contributed by atoms with van der Waals surface area (Å²) < 4.78 is 15.7. The summed E-state index contributed by atoms with van der Waals surface area (Å²) in [6, 6.07) is 11.8. The van der Waals surface area contributed by atoms with Crippen molar-refractivity contribution in [2.24, 2.45) is 5.92 Å². The molecule has 1 amide bonds. The van der Waals surface area contributed by atoms with Gasteiger partial charge in [0.05, 0.1) is 16.1 Å². The normalized spacial score (nSPS) is 16.1. The lowest BCUT2D eigenvalue weighted by Crippen LogP contribution is -2.41. The van der Waals surface area contributed by atoms with E-state index in [-0.39, 0.29) is 17.6 Å². The zero-order chi connectivity index (χ0) is 24.6. The van der Waals surface area contributed by atoms with E-state index in [1.54, 1.807) is 18.5 Å². The Balaban J connectivity index is 1.16. The molecule has 182 valence electrons. The number of carbonyl (C=O) groups is 1. The quantitative estimate of drug-likeness (QED) is 0.297. The summed E-state index contributed by atoms with van der Waals surface area (Å²) in [4.78, 5) is 31.8. The zero-order valence-corrected chi connectivity index (χ0v) is 20.7. The van der Waals surface area contributed by atoms with E-state index < -0.39 is 5.82 Å². The van der Waals surface area contributed by atoms with E-state index in [4.69, 9.17) is 11.6 Å². The number of aromatic nitrogens is 4. The number of hydrogen-bond acceptors (Lipinski definition) is 6. The highest BCUT2D eigenvalue weighted by Crippen LogP contribution is 2.30. The van der Waals surface area contributed by atoms with Gasteiger partial charge in [0.2, 0.25) is 0 Å². The number of halogens is 2. The van der Waals surface area contributed by atoms with Gasteiger partial charge < -0.3 is 15.2 Å². The second-order valence-electron chi connectivity index (χ2n) is 8.93. The van der Waals surface area contributed by atoms with Gasteiger partial charge in [0.1, 0.15) is 5.65 Å². The minimum atomic E-state index is -0.524. The maximum absolute atomic E-state index is 14.6. The van der Waals surface area contributed by atoms with Crippen LogP contribution in [0.2, 0.25) is 5.02 Å². The molecule has 0 bridgehead atoms. The van der Waals surface area contributed by atoms with Crippen molar-refractivity contribution in [2.45, 2.75) is 12.8 Å². The second-order valence-corrected chi connectivity index (χ2v) is 10.5. The Bertz CT molecular complexity index is 1550. The Morgan fingerprint density at radius 1 is 1.25 bits per heavy atom. The van der Waals surface area contributed by atoms with E-state index in [1.807, 2.05) is 35.2 Å². The third-order valence-electron chi connectivity index (χ3n) is 6.48. The van der Waals surface area contributed by atoms with Gasteiger partial charge in [-0.15, -0.1) is 11.3 Å². The van der Waals surface area contributed by atoms with Crippen molar-refractivity contribution in [3.8, 4) is 11.4 Å². The molecular weight excluding hydrogens is 499 g/mol. The van der Waals surface area contributed by atoms with Crippen molar-refractivity contribution < 1.29 is 9.18 Å². The summed E-state index contributed by atoms with van der Waals surface area (Å²) in [6.45, 7) is 1.85. The molecule has 1 atom stereocenters. The molecule has 0 saturated carbocycles. The zero-order valence-electron chi connectivity index (χ0n) is 19.2. The number of rotatable bonds is 5. The van der Waals surface area contributed by atoms with Gasteiger partial charge in [-0.2, -0.15) is 0 Å². The summed E-state index contributed by atoms with van der Waals surface area (Å²) in [5.74, 6) is 0.231. The molecule has 0 radical (unpaired) electrons. The van der Waals surface area contributed by atoms with Gasteiger partial charge in [-0.3, -0.25) is 4.79 Å². The predicted octanol–water partition coefficient (Wildman–Crippen LogP) is 5.99.